The second-order valence-corrected chi connectivity index (χ2v) is 22.5. The highest BCUT2D eigenvalue weighted by Crippen LogP contribution is 2.53. The van der Waals surface area contributed by atoms with Gasteiger partial charge in [-0.1, -0.05) is 180 Å². The summed E-state index contributed by atoms with van der Waals surface area (Å²) in [7, 11) is 0. The Kier molecular flexibility index (Phi) is 9.65. The number of fused-ring (bicyclic) bond motifs is 8. The molecule has 0 unspecified atom stereocenters. The first-order chi connectivity index (χ1) is 28.9. The summed E-state index contributed by atoms with van der Waals surface area (Å²) in [5.41, 5.74) is 8.07. The lowest BCUT2D eigenvalue weighted by atomic mass is 9.33. The van der Waals surface area contributed by atoms with Gasteiger partial charge in [0.25, 0.3) is 6.71 Å². The Hall–Kier alpha value is -5.14. The molecule has 0 atom stereocenters. The molecule has 0 amide bonds. The van der Waals surface area contributed by atoms with E-state index in [9.17, 15) is 13.2 Å². The van der Waals surface area contributed by atoms with Gasteiger partial charge in [0.15, 0.2) is 0 Å². The standard InChI is InChI=1S/C55H56BF3N2S/c1-51(2,3)38-23-17-19-36-34(38)27-29-42-49(36)60(44-25-15-13-21-40(44)53(7,8)9)46-31-33(62-55(57,58)59)32-47-48(46)56(42)43-30-28-35-37(20-18-24-39(35)52(4,5)6)50(43)61(47)45-26-16-14-22-41(45)54(10,11)12/h13-32H,1-12H3. The molecule has 0 N–H and O–H groups in total. The van der Waals surface area contributed by atoms with Crippen LogP contribution in [-0.4, -0.2) is 12.2 Å². The van der Waals surface area contributed by atoms with Crippen LogP contribution in [0.4, 0.5) is 47.3 Å². The van der Waals surface area contributed by atoms with E-state index in [1.165, 1.54) is 11.1 Å². The van der Waals surface area contributed by atoms with Crippen LogP contribution in [0, 0.1) is 0 Å². The zero-order valence-electron chi connectivity index (χ0n) is 38.1. The summed E-state index contributed by atoms with van der Waals surface area (Å²) in [5, 5.41) is 4.45. The topological polar surface area (TPSA) is 6.48 Å². The monoisotopic (exact) mass is 844 g/mol. The van der Waals surface area contributed by atoms with Crippen LogP contribution in [0.25, 0.3) is 21.5 Å². The molecule has 0 aliphatic carbocycles. The molecule has 2 aliphatic heterocycles. The van der Waals surface area contributed by atoms with Crippen molar-refractivity contribution in [3.63, 3.8) is 0 Å². The van der Waals surface area contributed by atoms with E-state index >= 15 is 0 Å². The molecule has 0 saturated carbocycles. The van der Waals surface area contributed by atoms with Gasteiger partial charge in [0.05, 0.1) is 0 Å². The highest BCUT2D eigenvalue weighted by atomic mass is 32.2. The van der Waals surface area contributed by atoms with Gasteiger partial charge in [-0.15, -0.1) is 0 Å². The van der Waals surface area contributed by atoms with Crippen molar-refractivity contribution in [2.45, 2.75) is 115 Å². The average Bonchev–Trinajstić information content (AvgIpc) is 3.18. The highest BCUT2D eigenvalue weighted by Gasteiger charge is 2.47. The number of alkyl halides is 3. The molecule has 2 heterocycles. The van der Waals surface area contributed by atoms with E-state index in [4.69, 9.17) is 0 Å². The fraction of sp³-hybridized carbons (Fsp3) is 0.309. The maximum Gasteiger partial charge on any atom is 0.446 e. The predicted molar refractivity (Wildman–Crippen MR) is 262 cm³/mol. The van der Waals surface area contributed by atoms with Gasteiger partial charge in [0, 0.05) is 49.8 Å². The van der Waals surface area contributed by atoms with Crippen molar-refractivity contribution in [3.05, 3.63) is 144 Å². The third-order valence-corrected chi connectivity index (χ3v) is 13.5. The lowest BCUT2D eigenvalue weighted by Crippen LogP contribution is -2.61. The van der Waals surface area contributed by atoms with Crippen LogP contribution in [0.1, 0.15) is 105 Å². The Morgan fingerprint density at radius 1 is 0.403 bits per heavy atom. The first kappa shape index (κ1) is 42.2. The summed E-state index contributed by atoms with van der Waals surface area (Å²) in [6.45, 7) is 26.5. The molecule has 0 spiro atoms. The van der Waals surface area contributed by atoms with Gasteiger partial charge in [0.2, 0.25) is 0 Å². The zero-order chi connectivity index (χ0) is 44.5. The van der Waals surface area contributed by atoms with Gasteiger partial charge in [-0.3, -0.25) is 0 Å². The van der Waals surface area contributed by atoms with Crippen molar-refractivity contribution < 1.29 is 13.2 Å². The zero-order valence-corrected chi connectivity index (χ0v) is 38.9. The highest BCUT2D eigenvalue weighted by molar-refractivity contribution is 8.00. The quantitative estimate of drug-likeness (QED) is 0.129. The van der Waals surface area contributed by atoms with Crippen LogP contribution in [0.2, 0.25) is 0 Å². The fourth-order valence-electron chi connectivity index (χ4n) is 10.3. The number of halogens is 3. The van der Waals surface area contributed by atoms with Crippen molar-refractivity contribution in [1.82, 2.24) is 0 Å². The van der Waals surface area contributed by atoms with E-state index in [2.05, 4.69) is 202 Å². The second kappa shape index (κ2) is 14.2. The third-order valence-electron chi connectivity index (χ3n) is 12.8. The maximum absolute atomic E-state index is 14.9. The average molecular weight is 845 g/mol. The number of benzene rings is 7. The normalized spacial score (nSPS) is 14.3. The Labute approximate surface area is 370 Å². The van der Waals surface area contributed by atoms with Gasteiger partial charge in [-0.2, -0.15) is 13.2 Å². The summed E-state index contributed by atoms with van der Waals surface area (Å²) >= 11 is -0.0295. The molecule has 62 heavy (non-hydrogen) atoms. The molecule has 9 rings (SSSR count). The molecule has 2 nitrogen and oxygen atoms in total. The maximum atomic E-state index is 14.9. The molecule has 0 aromatic heterocycles. The summed E-state index contributed by atoms with van der Waals surface area (Å²) in [6.07, 6.45) is 0. The van der Waals surface area contributed by atoms with Gasteiger partial charge < -0.3 is 9.80 Å². The van der Waals surface area contributed by atoms with Gasteiger partial charge in [0.1, 0.15) is 0 Å². The Bertz CT molecular complexity index is 2750. The largest absolute Gasteiger partial charge is 0.446 e. The van der Waals surface area contributed by atoms with E-state index in [0.29, 0.717) is 0 Å². The van der Waals surface area contributed by atoms with Crippen molar-refractivity contribution in [1.29, 1.82) is 0 Å². The van der Waals surface area contributed by atoms with Crippen LogP contribution in [0.15, 0.2) is 126 Å². The molecular weight excluding hydrogens is 788 g/mol. The minimum absolute atomic E-state index is 0.0295. The summed E-state index contributed by atoms with van der Waals surface area (Å²) in [4.78, 5) is 4.79. The van der Waals surface area contributed by atoms with Gasteiger partial charge >= 0.3 is 5.51 Å². The predicted octanol–water partition coefficient (Wildman–Crippen LogP) is 14.9. The molecule has 7 heteroatoms. The molecule has 0 fully saturated rings. The molecule has 7 aromatic rings. The number of nitrogens with zero attached hydrogens (tertiary/aromatic N) is 2. The van der Waals surface area contributed by atoms with E-state index < -0.39 is 5.51 Å². The SMILES string of the molecule is CC(C)(C)c1ccccc1N1c2cc(SC(F)(F)F)cc3c2B(c2ccc4c(C(C)(C)C)cccc4c21)c1ccc2c(C(C)(C)C)cccc2c1N3c1ccccc1C(C)(C)C. The summed E-state index contributed by atoms with van der Waals surface area (Å²) in [6, 6.07) is 42.9. The molecule has 316 valence electrons. The summed E-state index contributed by atoms with van der Waals surface area (Å²) in [5.74, 6) is 0. The number of para-hydroxylation sites is 2. The minimum Gasteiger partial charge on any atom is -0.310 e. The fourth-order valence-corrected chi connectivity index (χ4v) is 10.9. The number of rotatable bonds is 3. The van der Waals surface area contributed by atoms with Crippen LogP contribution in [0.5, 0.6) is 0 Å². The van der Waals surface area contributed by atoms with Crippen LogP contribution in [0.3, 0.4) is 0 Å². The Balaban J connectivity index is 1.52. The van der Waals surface area contributed by atoms with Crippen LogP contribution in [-0.2, 0) is 21.7 Å². The lowest BCUT2D eigenvalue weighted by Gasteiger charge is -2.46. The molecule has 7 aromatic carbocycles. The molecular formula is C55H56BF3N2S. The number of anilines is 6. The van der Waals surface area contributed by atoms with E-state index in [-0.39, 0.29) is 45.0 Å². The van der Waals surface area contributed by atoms with E-state index in [1.54, 1.807) is 0 Å². The molecule has 0 saturated heterocycles. The lowest BCUT2D eigenvalue weighted by molar-refractivity contribution is -0.0328. The Morgan fingerprint density at radius 2 is 0.774 bits per heavy atom. The van der Waals surface area contributed by atoms with Crippen molar-refractivity contribution in [2.75, 3.05) is 9.80 Å². The van der Waals surface area contributed by atoms with E-state index in [0.717, 1.165) is 83.2 Å². The molecule has 2 aliphatic rings. The smallest absolute Gasteiger partial charge is 0.310 e. The van der Waals surface area contributed by atoms with Crippen LogP contribution < -0.4 is 26.2 Å². The number of hydrogen-bond donors (Lipinski definition) is 0. The number of thioether (sulfide) groups is 1. The third kappa shape index (κ3) is 6.90. The van der Waals surface area contributed by atoms with Gasteiger partial charge in [-0.25, -0.2) is 0 Å². The number of hydrogen-bond acceptors (Lipinski definition) is 3. The minimum atomic E-state index is -4.51. The van der Waals surface area contributed by atoms with Crippen molar-refractivity contribution >= 4 is 90.5 Å². The van der Waals surface area contributed by atoms with Crippen molar-refractivity contribution in [3.8, 4) is 0 Å². The summed E-state index contributed by atoms with van der Waals surface area (Å²) < 4.78 is 44.8. The first-order valence-corrected chi connectivity index (χ1v) is 22.6. The molecule has 0 radical (unpaired) electrons. The van der Waals surface area contributed by atoms with Crippen LogP contribution >= 0.6 is 11.8 Å². The first-order valence-electron chi connectivity index (χ1n) is 21.8. The van der Waals surface area contributed by atoms with Gasteiger partial charge in [-0.05, 0) is 107 Å². The van der Waals surface area contributed by atoms with Crippen molar-refractivity contribution in [2.24, 2.45) is 0 Å². The molecule has 0 bridgehead atoms. The van der Waals surface area contributed by atoms with E-state index in [1.807, 2.05) is 12.1 Å². The Morgan fingerprint density at radius 3 is 1.15 bits per heavy atom. The second-order valence-electron chi connectivity index (χ2n) is 21.4.